The number of aromatic nitrogens is 2. The molecule has 2 aromatic rings. The molecule has 1 aromatic carbocycles. The minimum absolute atomic E-state index is 0.130. The molecule has 1 atom stereocenters. The number of rotatable bonds is 3. The molecular weight excluding hydrogens is 214 g/mol. The van der Waals surface area contributed by atoms with Crippen LogP contribution < -0.4 is 5.32 Å². The van der Waals surface area contributed by atoms with Crippen LogP contribution in [0.5, 0.6) is 5.75 Å². The van der Waals surface area contributed by atoms with Gasteiger partial charge in [-0.05, 0) is 31.5 Å². The maximum Gasteiger partial charge on any atom is 0.115 e. The average Bonchev–Trinajstić information content (AvgIpc) is 2.57. The Kier molecular flexibility index (Phi) is 3.04. The molecule has 0 saturated heterocycles. The summed E-state index contributed by atoms with van der Waals surface area (Å²) in [4.78, 5) is 0. The monoisotopic (exact) mass is 231 g/mol. The number of nitrogens with zero attached hydrogens (tertiary/aromatic N) is 2. The lowest BCUT2D eigenvalue weighted by Crippen LogP contribution is -2.06. The van der Waals surface area contributed by atoms with Crippen LogP contribution in [-0.4, -0.2) is 14.9 Å². The largest absolute Gasteiger partial charge is 0.508 e. The van der Waals surface area contributed by atoms with Crippen molar-refractivity contribution in [3.05, 3.63) is 41.7 Å². The van der Waals surface area contributed by atoms with Crippen LogP contribution in [0.15, 0.2) is 30.5 Å². The van der Waals surface area contributed by atoms with Crippen LogP contribution in [0.3, 0.4) is 0 Å². The van der Waals surface area contributed by atoms with Crippen molar-refractivity contribution in [3.63, 3.8) is 0 Å². The number of hydrogen-bond acceptors (Lipinski definition) is 3. The highest BCUT2D eigenvalue weighted by Crippen LogP contribution is 2.23. The molecule has 1 heterocycles. The quantitative estimate of drug-likeness (QED) is 0.853. The van der Waals surface area contributed by atoms with E-state index in [9.17, 15) is 5.11 Å². The van der Waals surface area contributed by atoms with Gasteiger partial charge in [-0.25, -0.2) is 0 Å². The van der Waals surface area contributed by atoms with E-state index in [-0.39, 0.29) is 6.04 Å². The Morgan fingerprint density at radius 1 is 1.41 bits per heavy atom. The van der Waals surface area contributed by atoms with Gasteiger partial charge in [0.2, 0.25) is 0 Å². The van der Waals surface area contributed by atoms with E-state index < -0.39 is 0 Å². The zero-order chi connectivity index (χ0) is 12.4. The standard InChI is InChI=1S/C13H17N3O/c1-9(11-5-4-6-12(17)7-11)14-13-8-16(3)15-10(13)2/h4-9,14,17H,1-3H3. The van der Waals surface area contributed by atoms with E-state index in [1.165, 1.54) is 0 Å². The molecule has 0 aliphatic rings. The van der Waals surface area contributed by atoms with Gasteiger partial charge in [0.25, 0.3) is 0 Å². The van der Waals surface area contributed by atoms with Crippen LogP contribution >= 0.6 is 0 Å². The first kappa shape index (κ1) is 11.5. The highest BCUT2D eigenvalue weighted by atomic mass is 16.3. The van der Waals surface area contributed by atoms with Crippen molar-refractivity contribution >= 4 is 5.69 Å². The van der Waals surface area contributed by atoms with Gasteiger partial charge in [0.05, 0.1) is 11.4 Å². The van der Waals surface area contributed by atoms with Crippen molar-refractivity contribution in [1.29, 1.82) is 0 Å². The number of aryl methyl sites for hydroxylation is 2. The summed E-state index contributed by atoms with van der Waals surface area (Å²) in [5, 5.41) is 17.1. The molecule has 90 valence electrons. The van der Waals surface area contributed by atoms with Gasteiger partial charge in [-0.2, -0.15) is 5.10 Å². The van der Waals surface area contributed by atoms with Crippen molar-refractivity contribution < 1.29 is 5.11 Å². The minimum atomic E-state index is 0.130. The molecule has 0 saturated carbocycles. The van der Waals surface area contributed by atoms with Gasteiger partial charge in [-0.3, -0.25) is 4.68 Å². The second-order valence-corrected chi connectivity index (χ2v) is 4.26. The third-order valence-electron chi connectivity index (χ3n) is 2.76. The second-order valence-electron chi connectivity index (χ2n) is 4.26. The number of benzene rings is 1. The molecule has 0 aliphatic carbocycles. The molecule has 2 rings (SSSR count). The van der Waals surface area contributed by atoms with E-state index in [2.05, 4.69) is 17.3 Å². The van der Waals surface area contributed by atoms with Crippen molar-refractivity contribution in [2.45, 2.75) is 19.9 Å². The zero-order valence-electron chi connectivity index (χ0n) is 10.3. The fraction of sp³-hybridized carbons (Fsp3) is 0.308. The first-order chi connectivity index (χ1) is 8.06. The molecule has 0 fully saturated rings. The van der Waals surface area contributed by atoms with Crippen LogP contribution in [0.25, 0.3) is 0 Å². The van der Waals surface area contributed by atoms with Gasteiger partial charge in [-0.1, -0.05) is 12.1 Å². The smallest absolute Gasteiger partial charge is 0.115 e. The normalized spacial score (nSPS) is 12.4. The first-order valence-corrected chi connectivity index (χ1v) is 5.62. The molecule has 2 N–H and O–H groups in total. The lowest BCUT2D eigenvalue weighted by Gasteiger charge is -2.15. The van der Waals surface area contributed by atoms with Crippen molar-refractivity contribution in [1.82, 2.24) is 9.78 Å². The summed E-state index contributed by atoms with van der Waals surface area (Å²) < 4.78 is 1.78. The van der Waals surface area contributed by atoms with Gasteiger partial charge in [0, 0.05) is 19.3 Å². The minimum Gasteiger partial charge on any atom is -0.508 e. The molecule has 4 heteroatoms. The molecule has 17 heavy (non-hydrogen) atoms. The number of phenolic OH excluding ortho intramolecular Hbond substituents is 1. The highest BCUT2D eigenvalue weighted by Gasteiger charge is 2.09. The Labute approximate surface area is 101 Å². The molecule has 0 bridgehead atoms. The first-order valence-electron chi connectivity index (χ1n) is 5.62. The van der Waals surface area contributed by atoms with E-state index in [1.54, 1.807) is 16.8 Å². The predicted molar refractivity (Wildman–Crippen MR) is 68.1 cm³/mol. The summed E-state index contributed by atoms with van der Waals surface area (Å²) in [6.07, 6.45) is 1.95. The summed E-state index contributed by atoms with van der Waals surface area (Å²) in [5.74, 6) is 0.291. The molecule has 0 aliphatic heterocycles. The fourth-order valence-electron chi connectivity index (χ4n) is 1.85. The van der Waals surface area contributed by atoms with Crippen molar-refractivity contribution in [2.75, 3.05) is 5.32 Å². The number of phenols is 1. The SMILES string of the molecule is Cc1nn(C)cc1NC(C)c1cccc(O)c1. The third kappa shape index (κ3) is 2.58. The topological polar surface area (TPSA) is 50.1 Å². The summed E-state index contributed by atoms with van der Waals surface area (Å²) >= 11 is 0. The van der Waals surface area contributed by atoms with E-state index in [0.29, 0.717) is 5.75 Å². The van der Waals surface area contributed by atoms with E-state index in [1.807, 2.05) is 32.3 Å². The lowest BCUT2D eigenvalue weighted by atomic mass is 10.1. The van der Waals surface area contributed by atoms with Gasteiger partial charge in [0.15, 0.2) is 0 Å². The summed E-state index contributed by atoms with van der Waals surface area (Å²) in [6, 6.07) is 7.40. The third-order valence-corrected chi connectivity index (χ3v) is 2.76. The van der Waals surface area contributed by atoms with Crippen molar-refractivity contribution in [3.8, 4) is 5.75 Å². The van der Waals surface area contributed by atoms with Gasteiger partial charge >= 0.3 is 0 Å². The Morgan fingerprint density at radius 3 is 2.76 bits per heavy atom. The van der Waals surface area contributed by atoms with Gasteiger partial charge in [-0.15, -0.1) is 0 Å². The Hall–Kier alpha value is -1.97. The van der Waals surface area contributed by atoms with Crippen molar-refractivity contribution in [2.24, 2.45) is 7.05 Å². The second kappa shape index (κ2) is 4.49. The number of nitrogens with one attached hydrogen (secondary N) is 1. The lowest BCUT2D eigenvalue weighted by molar-refractivity contribution is 0.474. The Morgan fingerprint density at radius 2 is 2.18 bits per heavy atom. The number of aromatic hydroxyl groups is 1. The Balaban J connectivity index is 2.16. The number of anilines is 1. The summed E-state index contributed by atoms with van der Waals surface area (Å²) in [7, 11) is 1.90. The predicted octanol–water partition coefficient (Wildman–Crippen LogP) is 2.61. The molecule has 0 spiro atoms. The number of hydrogen-bond donors (Lipinski definition) is 2. The van der Waals surface area contributed by atoms with Crippen LogP contribution in [0.1, 0.15) is 24.2 Å². The highest BCUT2D eigenvalue weighted by molar-refractivity contribution is 5.48. The molecule has 1 unspecified atom stereocenters. The van der Waals surface area contributed by atoms with Crippen LogP contribution in [0.4, 0.5) is 5.69 Å². The molecule has 1 aromatic heterocycles. The zero-order valence-corrected chi connectivity index (χ0v) is 10.3. The summed E-state index contributed by atoms with van der Waals surface area (Å²) in [5.41, 5.74) is 3.04. The summed E-state index contributed by atoms with van der Waals surface area (Å²) in [6.45, 7) is 4.03. The Bertz CT molecular complexity index is 519. The molecular formula is C13H17N3O. The van der Waals surface area contributed by atoms with Gasteiger partial charge < -0.3 is 10.4 Å². The average molecular weight is 231 g/mol. The maximum absolute atomic E-state index is 9.44. The van der Waals surface area contributed by atoms with Crippen LogP contribution in [0, 0.1) is 6.92 Å². The van der Waals surface area contributed by atoms with E-state index in [0.717, 1.165) is 16.9 Å². The van der Waals surface area contributed by atoms with Crippen LogP contribution in [0.2, 0.25) is 0 Å². The van der Waals surface area contributed by atoms with E-state index >= 15 is 0 Å². The molecule has 4 nitrogen and oxygen atoms in total. The molecule has 0 radical (unpaired) electrons. The van der Waals surface area contributed by atoms with Gasteiger partial charge in [0.1, 0.15) is 5.75 Å². The van der Waals surface area contributed by atoms with E-state index in [4.69, 9.17) is 0 Å². The maximum atomic E-state index is 9.44. The fourth-order valence-corrected chi connectivity index (χ4v) is 1.85. The van der Waals surface area contributed by atoms with Crippen LogP contribution in [-0.2, 0) is 7.05 Å². The molecule has 0 amide bonds.